The number of nitrogens with one attached hydrogen (secondary N) is 1. The SMILES string of the molecule is O=C(CN[C@@H](COP(=O)(OCc1ccccc1)OCc1ccccc1)Cc1ccccc1)c1ccccc1. The Labute approximate surface area is 224 Å². The quantitative estimate of drug-likeness (QED) is 0.138. The predicted octanol–water partition coefficient (Wildman–Crippen LogP) is 6.63. The highest BCUT2D eigenvalue weighted by molar-refractivity contribution is 7.48. The molecular formula is C31H32NO5P. The molecule has 4 aromatic carbocycles. The summed E-state index contributed by atoms with van der Waals surface area (Å²) >= 11 is 0. The number of hydrogen-bond donors (Lipinski definition) is 1. The first-order valence-corrected chi connectivity index (χ1v) is 14.0. The summed E-state index contributed by atoms with van der Waals surface area (Å²) in [5, 5.41) is 3.28. The molecular weight excluding hydrogens is 497 g/mol. The van der Waals surface area contributed by atoms with E-state index in [0.717, 1.165) is 16.7 Å². The molecule has 0 spiro atoms. The minimum Gasteiger partial charge on any atom is -0.304 e. The zero-order chi connectivity index (χ0) is 26.5. The summed E-state index contributed by atoms with van der Waals surface area (Å²) in [7, 11) is -3.94. The highest BCUT2D eigenvalue weighted by Gasteiger charge is 2.29. The van der Waals surface area contributed by atoms with Crippen LogP contribution in [0.4, 0.5) is 0 Å². The molecule has 0 aliphatic heterocycles. The van der Waals surface area contributed by atoms with Gasteiger partial charge in [0, 0.05) is 11.6 Å². The lowest BCUT2D eigenvalue weighted by atomic mass is 10.1. The van der Waals surface area contributed by atoms with Crippen molar-refractivity contribution in [2.24, 2.45) is 0 Å². The van der Waals surface area contributed by atoms with Crippen LogP contribution >= 0.6 is 7.82 Å². The second-order valence-corrected chi connectivity index (χ2v) is 10.5. The summed E-state index contributed by atoms with van der Waals surface area (Å²) in [4.78, 5) is 12.7. The average molecular weight is 530 g/mol. The summed E-state index contributed by atoms with van der Waals surface area (Å²) < 4.78 is 31.1. The molecule has 0 aliphatic rings. The molecule has 0 bridgehead atoms. The van der Waals surface area contributed by atoms with Gasteiger partial charge in [-0.15, -0.1) is 0 Å². The molecule has 4 aromatic rings. The van der Waals surface area contributed by atoms with E-state index < -0.39 is 7.82 Å². The van der Waals surface area contributed by atoms with Crippen LogP contribution in [-0.4, -0.2) is 25.0 Å². The van der Waals surface area contributed by atoms with E-state index in [0.29, 0.717) is 12.0 Å². The Balaban J connectivity index is 1.44. The van der Waals surface area contributed by atoms with Gasteiger partial charge in [-0.05, 0) is 23.1 Å². The molecule has 0 unspecified atom stereocenters. The van der Waals surface area contributed by atoms with Gasteiger partial charge in [0.05, 0.1) is 26.4 Å². The molecule has 0 heterocycles. The molecule has 0 radical (unpaired) electrons. The van der Waals surface area contributed by atoms with E-state index in [1.54, 1.807) is 12.1 Å². The number of Topliss-reactive ketones (excluding diaryl/α,β-unsaturated/α-hetero) is 1. The van der Waals surface area contributed by atoms with Crippen LogP contribution in [-0.2, 0) is 37.8 Å². The third-order valence-corrected chi connectivity index (χ3v) is 7.23. The maximum atomic E-state index is 13.7. The summed E-state index contributed by atoms with van der Waals surface area (Å²) in [6.45, 7) is 0.301. The third kappa shape index (κ3) is 9.18. The van der Waals surface area contributed by atoms with E-state index in [2.05, 4.69) is 5.32 Å². The minimum absolute atomic E-state index is 0.0256. The fraction of sp³-hybridized carbons (Fsp3) is 0.194. The Bertz CT molecular complexity index is 1240. The number of ketones is 1. The van der Waals surface area contributed by atoms with E-state index in [1.165, 1.54) is 0 Å². The van der Waals surface area contributed by atoms with Gasteiger partial charge in [-0.3, -0.25) is 18.4 Å². The lowest BCUT2D eigenvalue weighted by Crippen LogP contribution is -2.38. The number of hydrogen-bond acceptors (Lipinski definition) is 6. The normalized spacial score (nSPS) is 12.2. The van der Waals surface area contributed by atoms with Crippen molar-refractivity contribution in [2.75, 3.05) is 13.2 Å². The van der Waals surface area contributed by atoms with E-state index in [1.807, 2.05) is 109 Å². The molecule has 38 heavy (non-hydrogen) atoms. The minimum atomic E-state index is -3.94. The van der Waals surface area contributed by atoms with Gasteiger partial charge >= 0.3 is 7.82 Å². The highest BCUT2D eigenvalue weighted by atomic mass is 31.2. The molecule has 7 heteroatoms. The summed E-state index contributed by atoms with van der Waals surface area (Å²) in [6.07, 6.45) is 0.570. The second-order valence-electron chi connectivity index (χ2n) is 8.82. The van der Waals surface area contributed by atoms with Crippen molar-refractivity contribution in [2.45, 2.75) is 25.7 Å². The van der Waals surface area contributed by atoms with Crippen molar-refractivity contribution in [3.63, 3.8) is 0 Å². The van der Waals surface area contributed by atoms with E-state index in [4.69, 9.17) is 13.6 Å². The number of carbonyl (C=O) groups is 1. The standard InChI is InChI=1S/C31H32NO5P/c33-31(29-19-11-4-12-20-29)22-32-30(21-26-13-5-1-6-14-26)25-37-38(34,35-23-27-15-7-2-8-16-27)36-24-28-17-9-3-10-18-28/h1-20,30,32H,21-25H2/t30-/m1/s1. The molecule has 0 fully saturated rings. The average Bonchev–Trinajstić information content (AvgIpc) is 2.98. The summed E-state index contributed by atoms with van der Waals surface area (Å²) in [5.74, 6) is -0.0347. The third-order valence-electron chi connectivity index (χ3n) is 5.87. The van der Waals surface area contributed by atoms with Crippen molar-refractivity contribution < 1.29 is 22.9 Å². The van der Waals surface area contributed by atoms with E-state index >= 15 is 0 Å². The van der Waals surface area contributed by atoms with Gasteiger partial charge in [0.2, 0.25) is 0 Å². The van der Waals surface area contributed by atoms with Crippen molar-refractivity contribution in [3.8, 4) is 0 Å². The monoisotopic (exact) mass is 529 g/mol. The Kier molecular flexibility index (Phi) is 10.6. The maximum absolute atomic E-state index is 13.7. The first kappa shape index (κ1) is 27.6. The fourth-order valence-electron chi connectivity index (χ4n) is 3.80. The van der Waals surface area contributed by atoms with Gasteiger partial charge < -0.3 is 5.32 Å². The maximum Gasteiger partial charge on any atom is 0.475 e. The molecule has 196 valence electrons. The molecule has 0 saturated carbocycles. The van der Waals surface area contributed by atoms with Crippen LogP contribution in [0.15, 0.2) is 121 Å². The van der Waals surface area contributed by atoms with Gasteiger partial charge in [0.15, 0.2) is 5.78 Å². The van der Waals surface area contributed by atoms with Gasteiger partial charge in [-0.2, -0.15) is 0 Å². The first-order chi connectivity index (χ1) is 18.6. The molecule has 6 nitrogen and oxygen atoms in total. The number of carbonyl (C=O) groups excluding carboxylic acids is 1. The van der Waals surface area contributed by atoms with Crippen molar-refractivity contribution in [1.29, 1.82) is 0 Å². The van der Waals surface area contributed by atoms with Crippen LogP contribution in [0.25, 0.3) is 0 Å². The molecule has 1 atom stereocenters. The largest absolute Gasteiger partial charge is 0.475 e. The van der Waals surface area contributed by atoms with Crippen LogP contribution < -0.4 is 5.32 Å². The summed E-state index contributed by atoms with van der Waals surface area (Å²) in [5.41, 5.74) is 3.40. The van der Waals surface area contributed by atoms with Crippen molar-refractivity contribution in [3.05, 3.63) is 144 Å². The van der Waals surface area contributed by atoms with Crippen molar-refractivity contribution >= 4 is 13.6 Å². The summed E-state index contributed by atoms with van der Waals surface area (Å²) in [6, 6.07) is 37.6. The van der Waals surface area contributed by atoms with E-state index in [-0.39, 0.29) is 38.2 Å². The van der Waals surface area contributed by atoms with Crippen molar-refractivity contribution in [1.82, 2.24) is 5.32 Å². The number of benzene rings is 4. The van der Waals surface area contributed by atoms with Gasteiger partial charge in [-0.1, -0.05) is 121 Å². The predicted molar refractivity (Wildman–Crippen MR) is 149 cm³/mol. The molecule has 1 N–H and O–H groups in total. The Morgan fingerprint density at radius 2 is 1.08 bits per heavy atom. The van der Waals surface area contributed by atoms with Crippen LogP contribution in [0, 0.1) is 0 Å². The molecule has 0 saturated heterocycles. The van der Waals surface area contributed by atoms with Crippen LogP contribution in [0.2, 0.25) is 0 Å². The molecule has 4 rings (SSSR count). The zero-order valence-corrected chi connectivity index (χ0v) is 22.0. The fourth-order valence-corrected chi connectivity index (χ4v) is 5.00. The zero-order valence-electron chi connectivity index (χ0n) is 21.1. The lowest BCUT2D eigenvalue weighted by molar-refractivity contribution is 0.0920. The number of rotatable bonds is 15. The Hall–Kier alpha value is -3.38. The van der Waals surface area contributed by atoms with Gasteiger partial charge in [0.25, 0.3) is 0 Å². The van der Waals surface area contributed by atoms with Gasteiger partial charge in [-0.25, -0.2) is 4.57 Å². The van der Waals surface area contributed by atoms with E-state index in [9.17, 15) is 9.36 Å². The Morgan fingerprint density at radius 3 is 1.58 bits per heavy atom. The topological polar surface area (TPSA) is 73.9 Å². The molecule has 0 aliphatic carbocycles. The molecule has 0 amide bonds. The number of phosphoric ester groups is 1. The highest BCUT2D eigenvalue weighted by Crippen LogP contribution is 2.51. The molecule has 0 aromatic heterocycles. The van der Waals surface area contributed by atoms with Crippen LogP contribution in [0.3, 0.4) is 0 Å². The smallest absolute Gasteiger partial charge is 0.304 e. The van der Waals surface area contributed by atoms with Gasteiger partial charge in [0.1, 0.15) is 0 Å². The van der Waals surface area contributed by atoms with Crippen LogP contribution in [0.5, 0.6) is 0 Å². The Morgan fingerprint density at radius 1 is 0.632 bits per heavy atom. The number of phosphoric acid groups is 1. The lowest BCUT2D eigenvalue weighted by Gasteiger charge is -2.23. The second kappa shape index (κ2) is 14.5. The van der Waals surface area contributed by atoms with Crippen LogP contribution in [0.1, 0.15) is 27.0 Å². The first-order valence-electron chi connectivity index (χ1n) is 12.6.